The van der Waals surface area contributed by atoms with Gasteiger partial charge in [-0.05, 0) is 24.7 Å². The number of para-hydroxylation sites is 1. The Morgan fingerprint density at radius 1 is 0.500 bits per heavy atom. The first-order valence-electron chi connectivity index (χ1n) is 32.5. The van der Waals surface area contributed by atoms with Gasteiger partial charge in [0, 0.05) is 0 Å². The van der Waals surface area contributed by atoms with Crippen LogP contribution < -0.4 is 0 Å². The van der Waals surface area contributed by atoms with E-state index in [1.165, 1.54) is 147 Å². The number of rotatable bonds is 11. The van der Waals surface area contributed by atoms with Crippen molar-refractivity contribution in [2.24, 2.45) is 47.3 Å². The molecule has 11 heteroatoms. The normalized spacial score (nSPS) is 28.9. The summed E-state index contributed by atoms with van der Waals surface area (Å²) in [6, 6.07) is 22.3. The molecule has 2 aromatic carbocycles. The first-order chi connectivity index (χ1) is 37.4. The second kappa shape index (κ2) is 41.0. The van der Waals surface area contributed by atoms with Crippen molar-refractivity contribution < 1.29 is 52.4 Å². The third kappa shape index (κ3) is 19.5. The van der Waals surface area contributed by atoms with Crippen LogP contribution in [0.5, 0.6) is 0 Å². The second-order valence-corrected chi connectivity index (χ2v) is 45.3. The summed E-state index contributed by atoms with van der Waals surface area (Å²) in [6.07, 6.45) is 35.3. The van der Waals surface area contributed by atoms with Gasteiger partial charge in [0.25, 0.3) is 0 Å². The van der Waals surface area contributed by atoms with E-state index >= 15 is 0 Å². The summed E-state index contributed by atoms with van der Waals surface area (Å²) >= 11 is -2.59. The molecule has 82 heavy (non-hydrogen) atoms. The summed E-state index contributed by atoms with van der Waals surface area (Å²) in [7, 11) is 12.4. The SMILES string of the molecule is C.C1CCC2C(C1)CC1C3CCCCC3[N-]C21.C1CCC2C(C1)CC1C3CCCCC3[N-]C21.CCC[CH2][Sn]([CH2]CCC)([CH2]CCC)[CH]1c2ccccc2-c2c1c1ccccc1n2[Si](C)(C)C.C[N-]C.C[N-]C.C[N-]C.C[N-]C.[CH3-].[CH3-].[Zr+4].[Zr+4]. The zero-order chi connectivity index (χ0) is 55.5. The molecule has 1 aromatic heterocycles. The van der Waals surface area contributed by atoms with Gasteiger partial charge in [0.2, 0.25) is 0 Å². The van der Waals surface area contributed by atoms with E-state index < -0.39 is 26.6 Å². The minimum Gasteiger partial charge on any atom is -0.668 e. The summed E-state index contributed by atoms with van der Waals surface area (Å²) in [4.78, 5) is 0. The van der Waals surface area contributed by atoms with Crippen molar-refractivity contribution in [2.45, 2.75) is 243 Å². The number of hydrogen-bond acceptors (Lipinski definition) is 0. The van der Waals surface area contributed by atoms with E-state index in [0.29, 0.717) is 0 Å². The maximum atomic E-state index is 5.26. The van der Waals surface area contributed by atoms with Crippen LogP contribution in [-0.4, -0.2) is 111 Å². The Morgan fingerprint density at radius 2 is 0.866 bits per heavy atom. The number of fused-ring (bicyclic) bond motifs is 15. The van der Waals surface area contributed by atoms with Gasteiger partial charge < -0.3 is 46.8 Å². The van der Waals surface area contributed by atoms with Gasteiger partial charge in [0.15, 0.2) is 0 Å². The van der Waals surface area contributed by atoms with Crippen LogP contribution in [0, 0.1) is 62.2 Å². The van der Waals surface area contributed by atoms with Crippen molar-refractivity contribution in [3.63, 3.8) is 0 Å². The summed E-state index contributed by atoms with van der Waals surface area (Å²) in [5, 5.41) is 26.1. The van der Waals surface area contributed by atoms with E-state index in [9.17, 15) is 0 Å². The van der Waals surface area contributed by atoms with Crippen LogP contribution in [0.25, 0.3) is 54.1 Å². The number of aromatic nitrogens is 1. The monoisotopic (exact) mass is 1410 g/mol. The molecule has 7 nitrogen and oxygen atoms in total. The minimum atomic E-state index is -2.59. The fourth-order valence-electron chi connectivity index (χ4n) is 17.6. The molecule has 0 amide bonds. The summed E-state index contributed by atoms with van der Waals surface area (Å²) in [5.41, 5.74) is 8.15. The molecule has 2 saturated heterocycles. The molecule has 13 atom stereocenters. The van der Waals surface area contributed by atoms with Gasteiger partial charge in [-0.25, -0.2) is 0 Å². The molecule has 0 N–H and O–H groups in total. The van der Waals surface area contributed by atoms with Crippen LogP contribution >= 0.6 is 0 Å². The van der Waals surface area contributed by atoms with Crippen LogP contribution in [-0.2, 0) is 52.4 Å². The van der Waals surface area contributed by atoms with Gasteiger partial charge in [-0.3, -0.25) is 0 Å². The van der Waals surface area contributed by atoms with Gasteiger partial charge in [-0.15, -0.1) is 24.2 Å². The van der Waals surface area contributed by atoms with E-state index in [2.05, 4.69) is 114 Å². The molecular formula is C71H127N7SiSnZr2. The van der Waals surface area contributed by atoms with E-state index in [-0.39, 0.29) is 74.7 Å². The van der Waals surface area contributed by atoms with Crippen LogP contribution in [0.3, 0.4) is 0 Å². The zero-order valence-corrected chi connectivity index (χ0v) is 64.1. The third-order valence-corrected chi connectivity index (χ3v) is 38.9. The molecule has 3 heterocycles. The van der Waals surface area contributed by atoms with Crippen LogP contribution in [0.15, 0.2) is 48.5 Å². The predicted octanol–water partition coefficient (Wildman–Crippen LogP) is 22.1. The number of nitrogens with zero attached hydrogens (tertiary/aromatic N) is 7. The standard InChI is InChI=1S/C18H18NSi.2C15H24N.3C4H9.4C2H6N.CH4.2CH3.Sn.2Zr/c1-20(2,3)19-17-11-7-6-10-15(17)16-12-13-8-4-5-9-14(13)18(16)19;2*1-2-6-11-10(5-1)9-13-12-7-3-4-8-14(12)16-15(11)13;3*1-3-4-2;4*1-3-2;;;;;;/h4-12H,1-3H3;2*10-15H,1-9H2;3*1,3-4H2,2H3;4*1-2H3;1H4;2*1H3;;;/q;2*-1;;;;4*-1;;2*-1;;2*+4. The Morgan fingerprint density at radius 3 is 1.28 bits per heavy atom. The molecule has 0 bridgehead atoms. The third-order valence-electron chi connectivity index (χ3n) is 20.3. The van der Waals surface area contributed by atoms with Crippen LogP contribution in [0.4, 0.5) is 0 Å². The van der Waals surface area contributed by atoms with E-state index in [1.54, 1.807) is 110 Å². The summed E-state index contributed by atoms with van der Waals surface area (Å²) in [5.74, 6) is 8.28. The van der Waals surface area contributed by atoms with Crippen LogP contribution in [0.2, 0.25) is 33.0 Å². The molecule has 7 aliphatic carbocycles. The molecule has 6 saturated carbocycles. The quantitative estimate of drug-likeness (QED) is 0.135. The molecule has 0 spiro atoms. The predicted molar refractivity (Wildman–Crippen MR) is 366 cm³/mol. The van der Waals surface area contributed by atoms with Crippen molar-refractivity contribution in [2.75, 3.05) is 56.4 Å². The Bertz CT molecular complexity index is 1990. The number of benzene rings is 2. The first-order valence-corrected chi connectivity index (χ1v) is 43.6. The van der Waals surface area contributed by atoms with Gasteiger partial charge in [0.1, 0.15) is 0 Å². The first kappa shape index (κ1) is 80.5. The fraction of sp³-hybridized carbons (Fsp3) is 0.775. The van der Waals surface area contributed by atoms with Gasteiger partial charge in [-0.1, -0.05) is 146 Å². The van der Waals surface area contributed by atoms with Crippen molar-refractivity contribution in [3.8, 4) is 11.3 Å². The molecule has 13 unspecified atom stereocenters. The number of hydrogen-bond donors (Lipinski definition) is 0. The van der Waals surface area contributed by atoms with E-state index in [0.717, 1.165) is 75.4 Å². The fourth-order valence-corrected chi connectivity index (χ4v) is 38.3. The summed E-state index contributed by atoms with van der Waals surface area (Å²) < 4.78 is 8.26. The zero-order valence-electron chi connectivity index (χ0n) is 55.3. The molecule has 8 fully saturated rings. The molecular weight excluding hydrogens is 1280 g/mol. The summed E-state index contributed by atoms with van der Waals surface area (Å²) in [6.45, 7) is 14.8. The Kier molecular flexibility index (Phi) is 40.3. The molecule has 12 rings (SSSR count). The average molecular weight is 1410 g/mol. The molecule has 2 aliphatic heterocycles. The maximum absolute atomic E-state index is 5.26. The largest absolute Gasteiger partial charge is 4.00 e. The Balaban J connectivity index is 0.000000579. The smallest absolute Gasteiger partial charge is 0.668 e. The number of unbranched alkanes of at least 4 members (excludes halogenated alkanes) is 3. The average Bonchev–Trinajstić information content (AvgIpc) is 3.89. The van der Waals surface area contributed by atoms with Crippen molar-refractivity contribution >= 4 is 37.5 Å². The Labute approximate surface area is 553 Å². The van der Waals surface area contributed by atoms with Crippen LogP contribution in [0.1, 0.15) is 197 Å². The minimum absolute atomic E-state index is 0. The van der Waals surface area contributed by atoms with Gasteiger partial charge in [0.05, 0.1) is 0 Å². The van der Waals surface area contributed by atoms with Crippen molar-refractivity contribution in [1.29, 1.82) is 0 Å². The van der Waals surface area contributed by atoms with Gasteiger partial charge >= 0.3 is 261 Å². The molecule has 3 aromatic rings. The van der Waals surface area contributed by atoms with E-state index in [4.69, 9.17) is 10.6 Å². The Hall–Kier alpha value is 0.522. The van der Waals surface area contributed by atoms with Gasteiger partial charge in [-0.2, -0.15) is 56.4 Å². The van der Waals surface area contributed by atoms with Crippen molar-refractivity contribution in [3.05, 3.63) is 106 Å². The van der Waals surface area contributed by atoms with Crippen molar-refractivity contribution in [1.82, 2.24) is 4.23 Å². The second-order valence-electron chi connectivity index (χ2n) is 26.8. The molecule has 462 valence electrons. The topological polar surface area (TPSA) is 89.5 Å². The van der Waals surface area contributed by atoms with E-state index in [1.807, 2.05) is 0 Å². The molecule has 9 aliphatic rings. The molecule has 0 radical (unpaired) electrons. The maximum Gasteiger partial charge on any atom is 4.00 e.